The predicted octanol–water partition coefficient (Wildman–Crippen LogP) is -5.71. The molecule has 132 valence electrons. The summed E-state index contributed by atoms with van der Waals surface area (Å²) in [5.41, 5.74) is 0. The number of carboxylic acids is 2. The monoisotopic (exact) mass is 384 g/mol. The van der Waals surface area contributed by atoms with E-state index in [1.54, 1.807) is 0 Å². The van der Waals surface area contributed by atoms with Crippen LogP contribution in [0.3, 0.4) is 0 Å². The number of hydrogen-bond donors (Lipinski definition) is 1. The van der Waals surface area contributed by atoms with Gasteiger partial charge in [0.1, 0.15) is 4.75 Å². The van der Waals surface area contributed by atoms with Gasteiger partial charge in [0.25, 0.3) is 10.1 Å². The summed E-state index contributed by atoms with van der Waals surface area (Å²) in [7, 11) is -5.09. The predicted molar refractivity (Wildman–Crippen MR) is 78.3 cm³/mol. The van der Waals surface area contributed by atoms with E-state index in [-0.39, 0.29) is 65.5 Å². The molecule has 0 spiro atoms. The minimum absolute atomic E-state index is 0. The van der Waals surface area contributed by atoms with Gasteiger partial charge in [-0.1, -0.05) is 59.3 Å². The summed E-state index contributed by atoms with van der Waals surface area (Å²) in [5.74, 6) is -3.99. The first-order valence-electron chi connectivity index (χ1n) is 7.47. The second-order valence-electron chi connectivity index (χ2n) is 5.12. The molecule has 1 unspecified atom stereocenters. The molecule has 0 saturated carbocycles. The molecule has 0 aromatic heterocycles. The second-order valence-corrected chi connectivity index (χ2v) is 6.85. The van der Waals surface area contributed by atoms with Crippen LogP contribution in [0.4, 0.5) is 0 Å². The van der Waals surface area contributed by atoms with Crippen LogP contribution in [0.25, 0.3) is 0 Å². The van der Waals surface area contributed by atoms with Gasteiger partial charge in [0.15, 0.2) is 0 Å². The summed E-state index contributed by atoms with van der Waals surface area (Å²) < 4.78 is 28.4. The fraction of sp³-hybridized carbons (Fsp3) is 0.857. The largest absolute Gasteiger partial charge is 1.00 e. The zero-order valence-corrected chi connectivity index (χ0v) is 20.3. The van der Waals surface area contributed by atoms with E-state index in [0.717, 1.165) is 12.8 Å². The zero-order chi connectivity index (χ0) is 17.8. The van der Waals surface area contributed by atoms with Crippen molar-refractivity contribution in [1.82, 2.24) is 0 Å². The summed E-state index contributed by atoms with van der Waals surface area (Å²) in [4.78, 5) is 21.4. The fourth-order valence-corrected chi connectivity index (χ4v) is 2.57. The summed E-state index contributed by atoms with van der Waals surface area (Å²) in [5, 5.41) is 21.4. The molecule has 0 rings (SSSR count). The molecule has 0 aromatic rings. The number of unbranched alkanes of at least 4 members (excludes halogenated alkanes) is 4. The summed E-state index contributed by atoms with van der Waals surface area (Å²) in [6.07, 6.45) is 3.09. The first-order chi connectivity index (χ1) is 10.1. The Morgan fingerprint density at radius 2 is 1.38 bits per heavy atom. The van der Waals surface area contributed by atoms with E-state index >= 15 is 0 Å². The topological polar surface area (TPSA) is 135 Å². The molecular weight excluding hydrogens is 358 g/mol. The maximum Gasteiger partial charge on any atom is 1.00 e. The van der Waals surface area contributed by atoms with Crippen molar-refractivity contribution in [1.29, 1.82) is 0 Å². The smallest absolute Gasteiger partial charge is 0.550 e. The van der Waals surface area contributed by atoms with Gasteiger partial charge in [-0.3, -0.25) is 4.55 Å². The van der Waals surface area contributed by atoms with Gasteiger partial charge in [-0.25, -0.2) is 0 Å². The van der Waals surface area contributed by atoms with Gasteiger partial charge in [-0.2, -0.15) is 8.42 Å². The van der Waals surface area contributed by atoms with Crippen molar-refractivity contribution in [2.24, 2.45) is 0 Å². The standard InChI is InChI=1S/C10H18O7S.C4H10.2Na/c1-2-3-4-5-6-10(9(13)14,7-8(11)12)18(15,16)17;1-3-4-2;;/h2-7H2,1H3,(H,11,12)(H,13,14)(H,15,16,17);3-4H2,1-2H3;;/q;;2*+1/p-2. The minimum Gasteiger partial charge on any atom is -0.550 e. The van der Waals surface area contributed by atoms with Gasteiger partial charge in [0.2, 0.25) is 0 Å². The molecule has 7 nitrogen and oxygen atoms in total. The van der Waals surface area contributed by atoms with E-state index < -0.39 is 39.6 Å². The summed E-state index contributed by atoms with van der Waals surface area (Å²) >= 11 is 0. The number of aliphatic carboxylic acids is 2. The van der Waals surface area contributed by atoms with Gasteiger partial charge < -0.3 is 19.8 Å². The Hall–Kier alpha value is 0.850. The average Bonchev–Trinajstić information content (AvgIpc) is 2.40. The molecular formula is C14H26Na2O7S. The van der Waals surface area contributed by atoms with Crippen molar-refractivity contribution in [2.45, 2.75) is 76.9 Å². The Labute approximate surface area is 189 Å². The fourth-order valence-electron chi connectivity index (χ4n) is 1.66. The molecule has 0 heterocycles. The molecule has 0 radical (unpaired) electrons. The molecule has 1 N–H and O–H groups in total. The Balaban J connectivity index is -0.000000298. The van der Waals surface area contributed by atoms with Gasteiger partial charge in [-0.15, -0.1) is 0 Å². The van der Waals surface area contributed by atoms with E-state index in [0.29, 0.717) is 6.42 Å². The number of carboxylic acid groups (broad SMARTS) is 2. The number of carbonyl (C=O) groups excluding carboxylic acids is 2. The minimum atomic E-state index is -5.09. The Bertz CT molecular complexity index is 438. The first kappa shape index (κ1) is 32.5. The van der Waals surface area contributed by atoms with Crippen LogP contribution in [0.15, 0.2) is 0 Å². The number of rotatable bonds is 10. The number of hydrogen-bond acceptors (Lipinski definition) is 6. The molecule has 0 saturated heterocycles. The molecule has 0 aromatic carbocycles. The maximum atomic E-state index is 11.1. The molecule has 0 aliphatic heterocycles. The molecule has 0 bridgehead atoms. The van der Waals surface area contributed by atoms with Crippen molar-refractivity contribution in [3.63, 3.8) is 0 Å². The Kier molecular flexibility index (Phi) is 23.4. The second kappa shape index (κ2) is 17.3. The molecule has 24 heavy (non-hydrogen) atoms. The summed E-state index contributed by atoms with van der Waals surface area (Å²) in [6, 6.07) is 0. The van der Waals surface area contributed by atoms with Crippen molar-refractivity contribution in [2.75, 3.05) is 0 Å². The average molecular weight is 384 g/mol. The maximum absolute atomic E-state index is 11.1. The number of carbonyl (C=O) groups is 2. The molecule has 0 amide bonds. The van der Waals surface area contributed by atoms with Crippen LogP contribution in [0.1, 0.15) is 72.1 Å². The Morgan fingerprint density at radius 3 is 1.62 bits per heavy atom. The van der Waals surface area contributed by atoms with Crippen molar-refractivity contribution >= 4 is 22.1 Å². The van der Waals surface area contributed by atoms with Crippen molar-refractivity contribution < 1.29 is 91.9 Å². The van der Waals surface area contributed by atoms with Crippen molar-refractivity contribution in [3.8, 4) is 0 Å². The van der Waals surface area contributed by atoms with E-state index in [9.17, 15) is 28.2 Å². The van der Waals surface area contributed by atoms with Crippen LogP contribution in [0.5, 0.6) is 0 Å². The van der Waals surface area contributed by atoms with Crippen LogP contribution >= 0.6 is 0 Å². The summed E-state index contributed by atoms with van der Waals surface area (Å²) in [6.45, 7) is 6.26. The third-order valence-electron chi connectivity index (χ3n) is 3.23. The Morgan fingerprint density at radius 1 is 0.917 bits per heavy atom. The van der Waals surface area contributed by atoms with E-state index in [1.807, 2.05) is 6.92 Å². The molecule has 10 heteroatoms. The third kappa shape index (κ3) is 13.1. The van der Waals surface area contributed by atoms with Crippen LogP contribution in [0, 0.1) is 0 Å². The SMILES string of the molecule is CCCC.CCCCCCC(CC(=O)[O-])(C(=O)[O-])S(=O)(=O)O.[Na+].[Na+]. The normalized spacial score (nSPS) is 12.5. The molecule has 1 atom stereocenters. The molecule has 0 aliphatic carbocycles. The van der Waals surface area contributed by atoms with Crippen LogP contribution in [-0.4, -0.2) is 29.7 Å². The van der Waals surface area contributed by atoms with Gasteiger partial charge in [-0.05, 0) is 6.42 Å². The third-order valence-corrected chi connectivity index (χ3v) is 4.73. The van der Waals surface area contributed by atoms with E-state index in [2.05, 4.69) is 13.8 Å². The van der Waals surface area contributed by atoms with Gasteiger partial charge in [0, 0.05) is 12.4 Å². The molecule has 0 fully saturated rings. The van der Waals surface area contributed by atoms with Crippen molar-refractivity contribution in [3.05, 3.63) is 0 Å². The van der Waals surface area contributed by atoms with Gasteiger partial charge in [0.05, 0.1) is 5.97 Å². The van der Waals surface area contributed by atoms with Crippen LogP contribution in [0.2, 0.25) is 0 Å². The van der Waals surface area contributed by atoms with Crippen LogP contribution < -0.4 is 69.3 Å². The first-order valence-corrected chi connectivity index (χ1v) is 8.91. The van der Waals surface area contributed by atoms with E-state index in [4.69, 9.17) is 4.55 Å². The molecule has 0 aliphatic rings. The quantitative estimate of drug-likeness (QED) is 0.225. The zero-order valence-electron chi connectivity index (χ0n) is 15.5. The van der Waals surface area contributed by atoms with Gasteiger partial charge >= 0.3 is 59.1 Å². The van der Waals surface area contributed by atoms with E-state index in [1.165, 1.54) is 12.8 Å². The van der Waals surface area contributed by atoms with Crippen LogP contribution in [-0.2, 0) is 19.7 Å².